The van der Waals surface area contributed by atoms with E-state index in [0.29, 0.717) is 18.2 Å². The minimum absolute atomic E-state index is 0.283. The van der Waals surface area contributed by atoms with E-state index in [-0.39, 0.29) is 6.61 Å². The average Bonchev–Trinajstić information content (AvgIpc) is 3.07. The first-order valence-electron chi connectivity index (χ1n) is 12.1. The maximum atomic E-state index is 9.55. The molecule has 0 saturated carbocycles. The van der Waals surface area contributed by atoms with Crippen LogP contribution in [0.5, 0.6) is 5.75 Å². The number of fused-ring (bicyclic) bond motifs is 2. The van der Waals surface area contributed by atoms with Crippen LogP contribution in [0.3, 0.4) is 0 Å². The number of carboxylic acid groups (broad SMARTS) is 2. The molecule has 1 atom stereocenters. The van der Waals surface area contributed by atoms with Gasteiger partial charge in [0.15, 0.2) is 0 Å². The van der Waals surface area contributed by atoms with Crippen molar-refractivity contribution >= 4 is 35.5 Å². The predicted molar refractivity (Wildman–Crippen MR) is 146 cm³/mol. The lowest BCUT2D eigenvalue weighted by atomic mass is 9.96. The van der Waals surface area contributed by atoms with Gasteiger partial charge in [0, 0.05) is 72.2 Å². The maximum Gasteiger partial charge on any atom is 0.328 e. The largest absolute Gasteiger partial charge is 0.497 e. The summed E-state index contributed by atoms with van der Waals surface area (Å²) in [7, 11) is 1.74. The fraction of sp³-hybridized carbons (Fsp3) is 0.407. The Labute approximate surface area is 226 Å². The van der Waals surface area contributed by atoms with Crippen molar-refractivity contribution in [2.45, 2.75) is 33.6 Å². The topological polar surface area (TPSA) is 111 Å². The lowest BCUT2D eigenvalue weighted by molar-refractivity contribution is -0.134. The molecule has 1 saturated heterocycles. The number of nitrogens with zero attached hydrogens (tertiary/aromatic N) is 2. The molecule has 8 nitrogen and oxygen atoms in total. The Hall–Kier alpha value is -2.50. The summed E-state index contributed by atoms with van der Waals surface area (Å²) in [6.45, 7) is 5.60. The van der Waals surface area contributed by atoms with E-state index in [9.17, 15) is 9.59 Å². The number of aliphatic carboxylic acids is 2. The molecule has 1 fully saturated rings. The Bertz CT molecular complexity index is 1090. The van der Waals surface area contributed by atoms with Gasteiger partial charge < -0.3 is 25.0 Å². The van der Waals surface area contributed by atoms with Crippen molar-refractivity contribution in [1.29, 1.82) is 0 Å². The van der Waals surface area contributed by atoms with Crippen LogP contribution in [0.1, 0.15) is 23.6 Å². The summed E-state index contributed by atoms with van der Waals surface area (Å²) in [4.78, 5) is 28.3. The first-order valence-corrected chi connectivity index (χ1v) is 14.1. The summed E-state index contributed by atoms with van der Waals surface area (Å²) in [5, 5.41) is 24.7. The molecule has 2 aliphatic rings. The SMILES string of the molecule is COc1ccc2c(c1)Sc1ccc(SC)cc1C(N1CCN(CCCO)CC1)C2.O=C(O)/C=C/C(=O)O. The zero-order valence-electron chi connectivity index (χ0n) is 21.1. The van der Waals surface area contributed by atoms with Gasteiger partial charge in [0.1, 0.15) is 5.75 Å². The number of aliphatic hydroxyl groups excluding tert-OH is 1. The van der Waals surface area contributed by atoms with E-state index in [4.69, 9.17) is 20.1 Å². The molecule has 37 heavy (non-hydrogen) atoms. The van der Waals surface area contributed by atoms with Crippen LogP contribution in [0, 0.1) is 0 Å². The van der Waals surface area contributed by atoms with Gasteiger partial charge in [-0.3, -0.25) is 4.90 Å². The Morgan fingerprint density at radius 3 is 2.35 bits per heavy atom. The van der Waals surface area contributed by atoms with Crippen molar-refractivity contribution in [1.82, 2.24) is 9.80 Å². The highest BCUT2D eigenvalue weighted by molar-refractivity contribution is 7.99. The molecular weight excluding hydrogens is 512 g/mol. The fourth-order valence-electron chi connectivity index (χ4n) is 4.43. The first kappa shape index (κ1) is 29.1. The van der Waals surface area contributed by atoms with Crippen molar-refractivity contribution in [3.63, 3.8) is 0 Å². The highest BCUT2D eigenvalue weighted by Crippen LogP contribution is 2.45. The second-order valence-electron chi connectivity index (χ2n) is 8.66. The van der Waals surface area contributed by atoms with Crippen LogP contribution in [0.25, 0.3) is 0 Å². The second-order valence-corrected chi connectivity index (χ2v) is 10.6. The molecule has 4 rings (SSSR count). The summed E-state index contributed by atoms with van der Waals surface area (Å²) in [5.74, 6) is -1.59. The first-order chi connectivity index (χ1) is 17.8. The number of thioether (sulfide) groups is 1. The van der Waals surface area contributed by atoms with E-state index in [1.54, 1.807) is 7.11 Å². The molecule has 1 unspecified atom stereocenters. The van der Waals surface area contributed by atoms with E-state index in [0.717, 1.165) is 51.3 Å². The number of carbonyl (C=O) groups is 2. The van der Waals surface area contributed by atoms with E-state index < -0.39 is 11.9 Å². The molecule has 2 aromatic carbocycles. The lowest BCUT2D eigenvalue weighted by Gasteiger charge is -2.39. The van der Waals surface area contributed by atoms with E-state index in [1.165, 1.54) is 25.8 Å². The Kier molecular flexibility index (Phi) is 11.3. The second kappa shape index (κ2) is 14.4. The van der Waals surface area contributed by atoms with Crippen LogP contribution in [0.2, 0.25) is 0 Å². The molecule has 200 valence electrons. The summed E-state index contributed by atoms with van der Waals surface area (Å²) < 4.78 is 5.48. The quantitative estimate of drug-likeness (QED) is 0.333. The normalized spacial score (nSPS) is 17.8. The third kappa shape index (κ3) is 8.51. The summed E-state index contributed by atoms with van der Waals surface area (Å²) in [6.07, 6.45) is 5.17. The molecule has 0 amide bonds. The average molecular weight is 547 g/mol. The molecule has 0 radical (unpaired) electrons. The fourth-order valence-corrected chi connectivity index (χ4v) is 6.02. The van der Waals surface area contributed by atoms with Crippen molar-refractivity contribution in [2.24, 2.45) is 0 Å². The van der Waals surface area contributed by atoms with Gasteiger partial charge in [-0.2, -0.15) is 0 Å². The van der Waals surface area contributed by atoms with Gasteiger partial charge >= 0.3 is 11.9 Å². The van der Waals surface area contributed by atoms with Crippen LogP contribution in [0.4, 0.5) is 0 Å². The minimum Gasteiger partial charge on any atom is -0.497 e. The highest BCUT2D eigenvalue weighted by Gasteiger charge is 2.30. The standard InChI is InChI=1S/C23H30N2O2S2.C4H4O4/c1-27-18-5-4-17-14-21(25-11-9-24(10-12-25)8-3-13-26)20-16-19(28-2)6-7-22(20)29-23(17)15-18;5-3(6)1-2-4(7)8/h4-7,15-16,21,26H,3,8-14H2,1-2H3;1-2H,(H,5,6)(H,7,8)/b;2-1+. The van der Waals surface area contributed by atoms with Crippen LogP contribution < -0.4 is 4.74 Å². The molecule has 0 spiro atoms. The van der Waals surface area contributed by atoms with Crippen molar-refractivity contribution in [3.8, 4) is 5.75 Å². The molecule has 10 heteroatoms. The Balaban J connectivity index is 0.000000414. The lowest BCUT2D eigenvalue weighted by Crippen LogP contribution is -2.48. The van der Waals surface area contributed by atoms with Crippen LogP contribution >= 0.6 is 23.5 Å². The summed E-state index contributed by atoms with van der Waals surface area (Å²) in [5.41, 5.74) is 2.87. The van der Waals surface area contributed by atoms with Gasteiger partial charge in [0.2, 0.25) is 0 Å². The van der Waals surface area contributed by atoms with Gasteiger partial charge in [-0.05, 0) is 60.6 Å². The summed E-state index contributed by atoms with van der Waals surface area (Å²) in [6, 6.07) is 13.9. The third-order valence-corrected chi connectivity index (χ3v) is 8.25. The number of methoxy groups -OCH3 is 1. The third-order valence-electron chi connectivity index (χ3n) is 6.33. The number of carboxylic acids is 2. The monoisotopic (exact) mass is 546 g/mol. The number of hydrogen-bond acceptors (Lipinski definition) is 8. The molecule has 2 heterocycles. The number of hydrogen-bond donors (Lipinski definition) is 3. The smallest absolute Gasteiger partial charge is 0.328 e. The van der Waals surface area contributed by atoms with Gasteiger partial charge in [-0.15, -0.1) is 11.8 Å². The number of ether oxygens (including phenoxy) is 1. The van der Waals surface area contributed by atoms with Crippen molar-refractivity contribution in [3.05, 3.63) is 59.7 Å². The van der Waals surface area contributed by atoms with Crippen LogP contribution in [-0.4, -0.2) is 89.8 Å². The summed E-state index contributed by atoms with van der Waals surface area (Å²) >= 11 is 3.69. The molecule has 0 bridgehead atoms. The zero-order chi connectivity index (χ0) is 26.8. The van der Waals surface area contributed by atoms with E-state index in [2.05, 4.69) is 52.5 Å². The van der Waals surface area contributed by atoms with Crippen LogP contribution in [0.15, 0.2) is 63.2 Å². The number of rotatable bonds is 8. The highest BCUT2D eigenvalue weighted by atomic mass is 32.2. The molecule has 2 aromatic rings. The number of benzene rings is 2. The van der Waals surface area contributed by atoms with Crippen molar-refractivity contribution in [2.75, 3.05) is 52.7 Å². The minimum atomic E-state index is -1.26. The number of aliphatic hydroxyl groups is 1. The van der Waals surface area contributed by atoms with Gasteiger partial charge in [-0.1, -0.05) is 17.8 Å². The number of piperazine rings is 1. The molecular formula is C27H34N2O6S2. The van der Waals surface area contributed by atoms with Gasteiger partial charge in [0.05, 0.1) is 7.11 Å². The Morgan fingerprint density at radius 1 is 1.05 bits per heavy atom. The van der Waals surface area contributed by atoms with Crippen molar-refractivity contribution < 1.29 is 29.6 Å². The van der Waals surface area contributed by atoms with Crippen LogP contribution in [-0.2, 0) is 16.0 Å². The predicted octanol–water partition coefficient (Wildman–Crippen LogP) is 3.88. The molecule has 2 aliphatic heterocycles. The molecule has 3 N–H and O–H groups in total. The van der Waals surface area contributed by atoms with E-state index >= 15 is 0 Å². The van der Waals surface area contributed by atoms with E-state index in [1.807, 2.05) is 23.5 Å². The zero-order valence-corrected chi connectivity index (χ0v) is 22.8. The Morgan fingerprint density at radius 2 is 1.76 bits per heavy atom. The maximum absolute atomic E-state index is 9.55. The molecule has 0 aromatic heterocycles. The molecule has 0 aliphatic carbocycles. The van der Waals surface area contributed by atoms with Gasteiger partial charge in [0.25, 0.3) is 0 Å². The van der Waals surface area contributed by atoms with Gasteiger partial charge in [-0.25, -0.2) is 9.59 Å².